The van der Waals surface area contributed by atoms with Crippen LogP contribution in [0.25, 0.3) is 0 Å². The zero-order valence-electron chi connectivity index (χ0n) is 14.6. The molecule has 1 N–H and O–H groups in total. The minimum Gasteiger partial charge on any atom is -0.462 e. The summed E-state index contributed by atoms with van der Waals surface area (Å²) >= 11 is 0. The number of aromatic nitrogens is 2. The first-order valence-electron chi connectivity index (χ1n) is 8.83. The van der Waals surface area contributed by atoms with Crippen LogP contribution in [0.5, 0.6) is 0 Å². The molecule has 0 unspecified atom stereocenters. The van der Waals surface area contributed by atoms with Crippen molar-refractivity contribution in [1.29, 1.82) is 0 Å². The number of fused-ring (bicyclic) bond motifs is 1. The van der Waals surface area contributed by atoms with E-state index in [9.17, 15) is 9.90 Å². The second kappa shape index (κ2) is 8.27. The molecule has 0 fully saturated rings. The standard InChI is InChI=1S/C19H25N3O3/c1-2-25-19(24)16-7-5-15(6-8-16)4-3-9-21-10-11-22-12-17(14-23)20-18(22)13-21/h5-8,12,23H,2-4,9-11,13-14H2,1H3. The van der Waals surface area contributed by atoms with Crippen LogP contribution in [0.3, 0.4) is 0 Å². The summed E-state index contributed by atoms with van der Waals surface area (Å²) in [5.41, 5.74) is 2.58. The van der Waals surface area contributed by atoms with Gasteiger partial charge in [-0.3, -0.25) is 4.90 Å². The van der Waals surface area contributed by atoms with Gasteiger partial charge in [-0.15, -0.1) is 0 Å². The van der Waals surface area contributed by atoms with E-state index in [0.717, 1.165) is 50.5 Å². The lowest BCUT2D eigenvalue weighted by molar-refractivity contribution is 0.0526. The molecule has 1 aliphatic rings. The van der Waals surface area contributed by atoms with Gasteiger partial charge in [-0.1, -0.05) is 12.1 Å². The van der Waals surface area contributed by atoms with E-state index in [-0.39, 0.29) is 12.6 Å². The molecule has 0 saturated heterocycles. The summed E-state index contributed by atoms with van der Waals surface area (Å²) in [5, 5.41) is 9.19. The fourth-order valence-electron chi connectivity index (χ4n) is 3.16. The highest BCUT2D eigenvalue weighted by atomic mass is 16.5. The van der Waals surface area contributed by atoms with Crippen molar-refractivity contribution in [3.05, 3.63) is 53.1 Å². The van der Waals surface area contributed by atoms with E-state index in [1.807, 2.05) is 37.4 Å². The second-order valence-corrected chi connectivity index (χ2v) is 6.30. The van der Waals surface area contributed by atoms with Gasteiger partial charge in [0.25, 0.3) is 0 Å². The van der Waals surface area contributed by atoms with Crippen molar-refractivity contribution in [2.75, 3.05) is 19.7 Å². The smallest absolute Gasteiger partial charge is 0.338 e. The summed E-state index contributed by atoms with van der Waals surface area (Å²) < 4.78 is 7.13. The van der Waals surface area contributed by atoms with E-state index in [0.29, 0.717) is 12.2 Å². The average molecular weight is 343 g/mol. The molecule has 1 aromatic carbocycles. The van der Waals surface area contributed by atoms with E-state index >= 15 is 0 Å². The minimum atomic E-state index is -0.264. The molecule has 1 aliphatic heterocycles. The maximum atomic E-state index is 11.6. The number of benzene rings is 1. The van der Waals surface area contributed by atoms with Gasteiger partial charge in [-0.2, -0.15) is 0 Å². The van der Waals surface area contributed by atoms with Crippen molar-refractivity contribution in [3.8, 4) is 0 Å². The molecule has 25 heavy (non-hydrogen) atoms. The molecule has 2 aromatic rings. The Labute approximate surface area is 148 Å². The molecule has 0 spiro atoms. The van der Waals surface area contributed by atoms with Gasteiger partial charge in [0.1, 0.15) is 5.82 Å². The molecular weight excluding hydrogens is 318 g/mol. The monoisotopic (exact) mass is 343 g/mol. The lowest BCUT2D eigenvalue weighted by Crippen LogP contribution is -2.34. The predicted molar refractivity (Wildman–Crippen MR) is 94.1 cm³/mol. The summed E-state index contributed by atoms with van der Waals surface area (Å²) in [6.45, 7) is 6.00. The van der Waals surface area contributed by atoms with Gasteiger partial charge in [0.05, 0.1) is 31.0 Å². The number of aryl methyl sites for hydroxylation is 1. The number of ether oxygens (including phenoxy) is 1. The third-order valence-corrected chi connectivity index (χ3v) is 4.50. The average Bonchev–Trinajstić information content (AvgIpc) is 3.05. The molecule has 0 bridgehead atoms. The van der Waals surface area contributed by atoms with Crippen molar-refractivity contribution < 1.29 is 14.6 Å². The maximum Gasteiger partial charge on any atom is 0.338 e. The Bertz CT molecular complexity index is 709. The van der Waals surface area contributed by atoms with Crippen molar-refractivity contribution in [2.24, 2.45) is 0 Å². The SMILES string of the molecule is CCOC(=O)c1ccc(CCCN2CCn3cc(CO)nc3C2)cc1. The number of hydrogen-bond donors (Lipinski definition) is 1. The molecular formula is C19H25N3O3. The van der Waals surface area contributed by atoms with Gasteiger partial charge in [-0.05, 0) is 44.0 Å². The first kappa shape index (κ1) is 17.6. The first-order valence-corrected chi connectivity index (χ1v) is 8.83. The number of aliphatic hydroxyl groups excluding tert-OH is 1. The summed E-state index contributed by atoms with van der Waals surface area (Å²) in [7, 11) is 0. The van der Waals surface area contributed by atoms with Crippen molar-refractivity contribution in [2.45, 2.75) is 39.5 Å². The van der Waals surface area contributed by atoms with Crippen LogP contribution in [0.15, 0.2) is 30.5 Å². The Kier molecular flexibility index (Phi) is 5.83. The Morgan fingerprint density at radius 3 is 2.80 bits per heavy atom. The molecule has 2 heterocycles. The highest BCUT2D eigenvalue weighted by Crippen LogP contribution is 2.14. The van der Waals surface area contributed by atoms with E-state index in [1.54, 1.807) is 0 Å². The van der Waals surface area contributed by atoms with Crippen LogP contribution in [-0.2, 0) is 30.9 Å². The highest BCUT2D eigenvalue weighted by Gasteiger charge is 2.17. The number of nitrogens with zero attached hydrogens (tertiary/aromatic N) is 3. The van der Waals surface area contributed by atoms with Crippen LogP contribution in [0, 0.1) is 0 Å². The largest absolute Gasteiger partial charge is 0.462 e. The Morgan fingerprint density at radius 2 is 2.08 bits per heavy atom. The lowest BCUT2D eigenvalue weighted by atomic mass is 10.1. The number of esters is 1. The summed E-state index contributed by atoms with van der Waals surface area (Å²) in [4.78, 5) is 18.5. The number of imidazole rings is 1. The van der Waals surface area contributed by atoms with E-state index in [2.05, 4.69) is 14.5 Å². The number of aliphatic hydroxyl groups is 1. The van der Waals surface area contributed by atoms with E-state index < -0.39 is 0 Å². The van der Waals surface area contributed by atoms with Gasteiger partial charge in [0, 0.05) is 19.3 Å². The normalized spacial score (nSPS) is 14.3. The molecule has 0 radical (unpaired) electrons. The summed E-state index contributed by atoms with van der Waals surface area (Å²) in [6, 6.07) is 7.67. The van der Waals surface area contributed by atoms with Crippen molar-refractivity contribution >= 4 is 5.97 Å². The quantitative estimate of drug-likeness (QED) is 0.779. The number of rotatable bonds is 7. The summed E-state index contributed by atoms with van der Waals surface area (Å²) in [6.07, 6.45) is 3.99. The van der Waals surface area contributed by atoms with Crippen LogP contribution >= 0.6 is 0 Å². The first-order chi connectivity index (χ1) is 12.2. The van der Waals surface area contributed by atoms with Crippen molar-refractivity contribution in [1.82, 2.24) is 14.5 Å². The van der Waals surface area contributed by atoms with Gasteiger partial charge >= 0.3 is 5.97 Å². The third-order valence-electron chi connectivity index (χ3n) is 4.50. The van der Waals surface area contributed by atoms with Gasteiger partial charge in [-0.25, -0.2) is 9.78 Å². The molecule has 6 nitrogen and oxygen atoms in total. The number of carbonyl (C=O) groups is 1. The van der Waals surface area contributed by atoms with Crippen LogP contribution in [0.4, 0.5) is 0 Å². The molecule has 0 saturated carbocycles. The van der Waals surface area contributed by atoms with E-state index in [4.69, 9.17) is 4.74 Å². The van der Waals surface area contributed by atoms with Crippen LogP contribution in [0.1, 0.15) is 40.8 Å². The number of hydrogen-bond acceptors (Lipinski definition) is 5. The Hall–Kier alpha value is -2.18. The van der Waals surface area contributed by atoms with Crippen LogP contribution in [-0.4, -0.2) is 45.2 Å². The molecule has 6 heteroatoms. The molecule has 0 amide bonds. The molecule has 3 rings (SSSR count). The van der Waals surface area contributed by atoms with Gasteiger partial charge < -0.3 is 14.4 Å². The molecule has 0 atom stereocenters. The lowest BCUT2D eigenvalue weighted by Gasteiger charge is -2.27. The molecule has 134 valence electrons. The summed E-state index contributed by atoms with van der Waals surface area (Å²) in [5.74, 6) is 0.772. The molecule has 0 aliphatic carbocycles. The predicted octanol–water partition coefficient (Wildman–Crippen LogP) is 2.00. The number of carbonyl (C=O) groups excluding carboxylic acids is 1. The zero-order chi connectivity index (χ0) is 17.6. The van der Waals surface area contributed by atoms with Crippen molar-refractivity contribution in [3.63, 3.8) is 0 Å². The Morgan fingerprint density at radius 1 is 1.28 bits per heavy atom. The molecule has 1 aromatic heterocycles. The van der Waals surface area contributed by atoms with Gasteiger partial charge in [0.2, 0.25) is 0 Å². The van der Waals surface area contributed by atoms with Crippen LogP contribution < -0.4 is 0 Å². The van der Waals surface area contributed by atoms with E-state index in [1.165, 1.54) is 5.56 Å². The maximum absolute atomic E-state index is 11.6. The zero-order valence-corrected chi connectivity index (χ0v) is 14.6. The highest BCUT2D eigenvalue weighted by molar-refractivity contribution is 5.89. The topological polar surface area (TPSA) is 67.6 Å². The van der Waals surface area contributed by atoms with Gasteiger partial charge in [0.15, 0.2) is 0 Å². The minimum absolute atomic E-state index is 0.00178. The Balaban J connectivity index is 1.46. The fourth-order valence-corrected chi connectivity index (χ4v) is 3.16. The second-order valence-electron chi connectivity index (χ2n) is 6.30. The van der Waals surface area contributed by atoms with Crippen LogP contribution in [0.2, 0.25) is 0 Å². The third kappa shape index (κ3) is 4.46. The fraction of sp³-hybridized carbons (Fsp3) is 0.474.